The predicted molar refractivity (Wildman–Crippen MR) is 130 cm³/mol. The Hall–Kier alpha value is -3.24. The van der Waals surface area contributed by atoms with Crippen LogP contribution in [0.5, 0.6) is 0 Å². The fraction of sp³-hybridized carbons (Fsp3) is 0.261. The summed E-state index contributed by atoms with van der Waals surface area (Å²) in [5, 5.41) is 3.21. The molecule has 2 aromatic carbocycles. The molecule has 3 rings (SSSR count). The topological polar surface area (TPSA) is 122 Å². The molecule has 0 bridgehead atoms. The third kappa shape index (κ3) is 6.62. The highest BCUT2D eigenvalue weighted by atomic mass is 32.2. The summed E-state index contributed by atoms with van der Waals surface area (Å²) in [4.78, 5) is 31.5. The maximum absolute atomic E-state index is 12.9. The van der Waals surface area contributed by atoms with Gasteiger partial charge in [-0.1, -0.05) is 23.5 Å². The van der Waals surface area contributed by atoms with Crippen LogP contribution in [0.25, 0.3) is 0 Å². The van der Waals surface area contributed by atoms with Crippen LogP contribution in [-0.2, 0) is 34.0 Å². The van der Waals surface area contributed by atoms with E-state index in [9.17, 15) is 18.0 Å². The van der Waals surface area contributed by atoms with Crippen LogP contribution < -0.4 is 11.1 Å². The van der Waals surface area contributed by atoms with Crippen LogP contribution in [0.4, 0.5) is 10.8 Å². The van der Waals surface area contributed by atoms with Crippen LogP contribution in [-0.4, -0.2) is 43.4 Å². The van der Waals surface area contributed by atoms with E-state index in [1.165, 1.54) is 42.5 Å². The van der Waals surface area contributed by atoms with Crippen molar-refractivity contribution in [1.29, 1.82) is 0 Å². The highest BCUT2D eigenvalue weighted by Gasteiger charge is 2.18. The third-order valence-corrected chi connectivity index (χ3v) is 7.07. The number of carbonyl (C=O) groups excluding carboxylic acids is 2. The minimum Gasteiger partial charge on any atom is -0.399 e. The molecular weight excluding hydrogens is 460 g/mol. The molecule has 8 nitrogen and oxygen atoms in total. The van der Waals surface area contributed by atoms with Gasteiger partial charge in [0, 0.05) is 36.4 Å². The first-order valence-corrected chi connectivity index (χ1v) is 12.9. The highest BCUT2D eigenvalue weighted by Crippen LogP contribution is 2.26. The summed E-state index contributed by atoms with van der Waals surface area (Å²) in [5.41, 5.74) is 8.76. The average molecular weight is 487 g/mol. The van der Waals surface area contributed by atoms with Crippen molar-refractivity contribution in [3.8, 4) is 0 Å². The molecule has 0 aliphatic carbocycles. The van der Waals surface area contributed by atoms with Crippen LogP contribution in [0, 0.1) is 0 Å². The largest absolute Gasteiger partial charge is 0.399 e. The number of nitrogens with one attached hydrogen (secondary N) is 1. The molecule has 2 amide bonds. The second-order valence-corrected chi connectivity index (χ2v) is 10.9. The zero-order valence-corrected chi connectivity index (χ0v) is 20.3. The van der Waals surface area contributed by atoms with E-state index in [2.05, 4.69) is 10.3 Å². The Kier molecular flexibility index (Phi) is 7.50. The van der Waals surface area contributed by atoms with Gasteiger partial charge >= 0.3 is 0 Å². The van der Waals surface area contributed by atoms with Crippen molar-refractivity contribution in [1.82, 2.24) is 9.88 Å². The first-order valence-electron chi connectivity index (χ1n) is 10.2. The number of amides is 2. The Bertz CT molecular complexity index is 1250. The molecule has 0 atom stereocenters. The first kappa shape index (κ1) is 24.4. The summed E-state index contributed by atoms with van der Waals surface area (Å²) in [5.74, 6) is -0.454. The summed E-state index contributed by atoms with van der Waals surface area (Å²) < 4.78 is 23.3. The van der Waals surface area contributed by atoms with Crippen molar-refractivity contribution in [3.05, 3.63) is 70.2 Å². The van der Waals surface area contributed by atoms with Crippen LogP contribution in [0.1, 0.15) is 33.4 Å². The summed E-state index contributed by atoms with van der Waals surface area (Å²) in [7, 11) is -1.66. The van der Waals surface area contributed by atoms with Crippen molar-refractivity contribution in [2.75, 3.05) is 24.4 Å². The average Bonchev–Trinajstić information content (AvgIpc) is 3.12. The smallest absolute Gasteiger partial charge is 0.253 e. The number of benzene rings is 2. The molecule has 0 unspecified atom stereocenters. The van der Waals surface area contributed by atoms with Gasteiger partial charge < -0.3 is 16.0 Å². The van der Waals surface area contributed by atoms with E-state index < -0.39 is 9.84 Å². The molecule has 174 valence electrons. The number of nitrogens with two attached hydrogens (primary N) is 1. The number of hydrogen-bond acceptors (Lipinski definition) is 7. The van der Waals surface area contributed by atoms with Crippen molar-refractivity contribution in [2.24, 2.45) is 0 Å². The van der Waals surface area contributed by atoms with E-state index in [1.54, 1.807) is 11.9 Å². The molecule has 0 fully saturated rings. The fourth-order valence-electron chi connectivity index (χ4n) is 3.21. The van der Waals surface area contributed by atoms with E-state index in [4.69, 9.17) is 5.73 Å². The molecule has 0 spiro atoms. The van der Waals surface area contributed by atoms with Crippen molar-refractivity contribution in [2.45, 2.75) is 31.2 Å². The number of thiazole rings is 1. The van der Waals surface area contributed by atoms with Crippen LogP contribution in [0.2, 0.25) is 0 Å². The highest BCUT2D eigenvalue weighted by molar-refractivity contribution is 7.90. The van der Waals surface area contributed by atoms with Gasteiger partial charge in [-0.2, -0.15) is 0 Å². The number of aryl methyl sites for hydroxylation is 2. The normalized spacial score (nSPS) is 11.2. The number of nitrogens with zero attached hydrogens (tertiary/aromatic N) is 2. The monoisotopic (exact) mass is 486 g/mol. The van der Waals surface area contributed by atoms with E-state index in [1.807, 2.05) is 24.3 Å². The molecule has 0 saturated carbocycles. The number of rotatable bonds is 8. The van der Waals surface area contributed by atoms with Gasteiger partial charge in [-0.25, -0.2) is 13.4 Å². The zero-order chi connectivity index (χ0) is 24.2. The van der Waals surface area contributed by atoms with Gasteiger partial charge in [-0.15, -0.1) is 0 Å². The lowest BCUT2D eigenvalue weighted by Crippen LogP contribution is -2.26. The molecule has 1 heterocycles. The molecule has 3 N–H and O–H groups in total. The van der Waals surface area contributed by atoms with Crippen molar-refractivity contribution >= 4 is 43.8 Å². The quantitative estimate of drug-likeness (QED) is 0.472. The van der Waals surface area contributed by atoms with Gasteiger partial charge in [0.2, 0.25) is 5.91 Å². The standard InChI is InChI=1S/C23H26N4O4S2/c1-15(28)25-23-26-20(13-6-16-4-9-18(24)10-5-16)21(32-23)14-27(2)22(29)17-7-11-19(12-8-17)33(3,30)31/h4-5,7-12H,6,13-14,24H2,1-3H3,(H,25,26,28). The summed E-state index contributed by atoms with van der Waals surface area (Å²) in [6, 6.07) is 13.5. The molecule has 33 heavy (non-hydrogen) atoms. The van der Waals surface area contributed by atoms with Gasteiger partial charge in [-0.3, -0.25) is 9.59 Å². The lowest BCUT2D eigenvalue weighted by Gasteiger charge is -2.17. The number of anilines is 2. The Morgan fingerprint density at radius 2 is 1.70 bits per heavy atom. The van der Waals surface area contributed by atoms with Crippen LogP contribution >= 0.6 is 11.3 Å². The molecular formula is C23H26N4O4S2. The fourth-order valence-corrected chi connectivity index (χ4v) is 4.94. The summed E-state index contributed by atoms with van der Waals surface area (Å²) in [6.07, 6.45) is 2.50. The third-order valence-electron chi connectivity index (χ3n) is 4.95. The second kappa shape index (κ2) is 10.1. The van der Waals surface area contributed by atoms with Gasteiger partial charge in [0.05, 0.1) is 17.1 Å². The van der Waals surface area contributed by atoms with E-state index in [0.29, 0.717) is 29.3 Å². The number of carbonyl (C=O) groups is 2. The summed E-state index contributed by atoms with van der Waals surface area (Å²) in [6.45, 7) is 1.73. The van der Waals surface area contributed by atoms with Crippen LogP contribution in [0.3, 0.4) is 0 Å². The number of sulfone groups is 1. The molecule has 10 heteroatoms. The predicted octanol–water partition coefficient (Wildman–Crippen LogP) is 3.14. The molecule has 1 aromatic heterocycles. The maximum Gasteiger partial charge on any atom is 0.253 e. The number of hydrogen-bond donors (Lipinski definition) is 2. The number of aromatic nitrogens is 1. The van der Waals surface area contributed by atoms with Crippen molar-refractivity contribution in [3.63, 3.8) is 0 Å². The lowest BCUT2D eigenvalue weighted by molar-refractivity contribution is -0.114. The Morgan fingerprint density at radius 3 is 2.27 bits per heavy atom. The number of nitrogen functional groups attached to an aromatic ring is 1. The summed E-state index contributed by atoms with van der Waals surface area (Å²) >= 11 is 1.34. The Balaban J connectivity index is 1.77. The first-order chi connectivity index (χ1) is 15.5. The minimum absolute atomic E-state index is 0.161. The van der Waals surface area contributed by atoms with Gasteiger partial charge in [-0.05, 0) is 54.8 Å². The van der Waals surface area contributed by atoms with Gasteiger partial charge in [0.1, 0.15) is 0 Å². The van der Waals surface area contributed by atoms with Crippen molar-refractivity contribution < 1.29 is 18.0 Å². The molecule has 0 aliphatic rings. The SMILES string of the molecule is CC(=O)Nc1nc(CCc2ccc(N)cc2)c(CN(C)C(=O)c2ccc(S(C)(=O)=O)cc2)s1. The van der Waals surface area contributed by atoms with Crippen LogP contribution in [0.15, 0.2) is 53.4 Å². The Morgan fingerprint density at radius 1 is 1.06 bits per heavy atom. The molecule has 0 aliphatic heterocycles. The molecule has 0 radical (unpaired) electrons. The van der Waals surface area contributed by atoms with E-state index in [0.717, 1.165) is 28.8 Å². The van der Waals surface area contributed by atoms with E-state index in [-0.39, 0.29) is 16.7 Å². The van der Waals surface area contributed by atoms with Gasteiger partial charge in [0.15, 0.2) is 15.0 Å². The lowest BCUT2D eigenvalue weighted by atomic mass is 10.1. The minimum atomic E-state index is -3.33. The Labute approximate surface area is 197 Å². The van der Waals surface area contributed by atoms with E-state index >= 15 is 0 Å². The zero-order valence-electron chi connectivity index (χ0n) is 18.7. The maximum atomic E-state index is 12.9. The van der Waals surface area contributed by atoms with Gasteiger partial charge in [0.25, 0.3) is 5.91 Å². The molecule has 0 saturated heterocycles. The molecule has 3 aromatic rings. The second-order valence-electron chi connectivity index (χ2n) is 7.77.